The van der Waals surface area contributed by atoms with Crippen molar-refractivity contribution in [1.29, 1.82) is 0 Å². The Kier molecular flexibility index (Phi) is 5.17. The molecule has 0 unspecified atom stereocenters. The second-order valence-electron chi connectivity index (χ2n) is 6.83. The molecule has 6 heteroatoms. The van der Waals surface area contributed by atoms with Crippen molar-refractivity contribution in [3.63, 3.8) is 0 Å². The van der Waals surface area contributed by atoms with E-state index in [2.05, 4.69) is 0 Å². The summed E-state index contributed by atoms with van der Waals surface area (Å²) in [5, 5.41) is 20.5. The van der Waals surface area contributed by atoms with E-state index < -0.39 is 17.2 Å². The highest BCUT2D eigenvalue weighted by Gasteiger charge is 2.29. The van der Waals surface area contributed by atoms with Gasteiger partial charge in [0.05, 0.1) is 5.02 Å². The van der Waals surface area contributed by atoms with Gasteiger partial charge in [0.25, 0.3) is 0 Å². The molecule has 0 aliphatic rings. The third-order valence-electron chi connectivity index (χ3n) is 4.00. The van der Waals surface area contributed by atoms with Crippen LogP contribution in [0.5, 0.6) is 5.75 Å². The molecule has 0 saturated carbocycles. The number of hydrogen-bond donors (Lipinski definition) is 2. The third kappa shape index (κ3) is 3.65. The van der Waals surface area contributed by atoms with Gasteiger partial charge >= 0.3 is 5.97 Å². The predicted molar refractivity (Wildman–Crippen MR) is 98.4 cm³/mol. The van der Waals surface area contributed by atoms with Crippen LogP contribution in [-0.2, 0) is 5.41 Å². The van der Waals surface area contributed by atoms with Crippen LogP contribution in [0.15, 0.2) is 24.3 Å². The number of benzene rings is 2. The lowest BCUT2D eigenvalue weighted by Crippen LogP contribution is -2.17. The first-order valence-corrected chi connectivity index (χ1v) is 8.30. The molecule has 0 atom stereocenters. The molecule has 0 saturated heterocycles. The minimum Gasteiger partial charge on any atom is -0.507 e. The summed E-state index contributed by atoms with van der Waals surface area (Å²) in [4.78, 5) is 24.6. The number of aromatic carboxylic acids is 1. The second-order valence-corrected chi connectivity index (χ2v) is 7.67. The first kappa shape index (κ1) is 19.3. The summed E-state index contributed by atoms with van der Waals surface area (Å²) >= 11 is 12.0. The number of carbonyl (C=O) groups excluding carboxylic acids is 1. The monoisotopic (exact) mass is 380 g/mol. The Bertz CT molecular complexity index is 880. The number of carboxylic acid groups (broad SMARTS) is 1. The molecule has 0 fully saturated rings. The third-order valence-corrected chi connectivity index (χ3v) is 4.55. The van der Waals surface area contributed by atoms with Crippen molar-refractivity contribution in [1.82, 2.24) is 0 Å². The molecular formula is C19H18Cl2O4. The first-order valence-electron chi connectivity index (χ1n) is 7.55. The van der Waals surface area contributed by atoms with Crippen molar-refractivity contribution in [2.75, 3.05) is 0 Å². The van der Waals surface area contributed by atoms with Gasteiger partial charge in [-0.05, 0) is 42.2 Å². The minimum absolute atomic E-state index is 0.180. The topological polar surface area (TPSA) is 74.6 Å². The van der Waals surface area contributed by atoms with Gasteiger partial charge in [0, 0.05) is 21.7 Å². The molecule has 2 rings (SSSR count). The van der Waals surface area contributed by atoms with E-state index in [-0.39, 0.29) is 33.0 Å². The van der Waals surface area contributed by atoms with Crippen LogP contribution >= 0.6 is 23.2 Å². The number of hydrogen-bond acceptors (Lipinski definition) is 3. The Hall–Kier alpha value is -2.04. The van der Waals surface area contributed by atoms with E-state index >= 15 is 0 Å². The molecule has 4 nitrogen and oxygen atoms in total. The maximum atomic E-state index is 13.0. The Morgan fingerprint density at radius 3 is 2.12 bits per heavy atom. The van der Waals surface area contributed by atoms with Gasteiger partial charge in [0.1, 0.15) is 11.3 Å². The van der Waals surface area contributed by atoms with Crippen LogP contribution in [0.4, 0.5) is 0 Å². The van der Waals surface area contributed by atoms with E-state index in [1.807, 2.05) is 20.8 Å². The van der Waals surface area contributed by atoms with Gasteiger partial charge in [0.15, 0.2) is 5.78 Å². The SMILES string of the molecule is Cc1c(C(=O)c2ccc(Cl)cc2Cl)cc(C(C)(C)C)c(O)c1C(=O)O. The predicted octanol–water partition coefficient (Wildman–Crippen LogP) is 5.23. The standard InChI is InChI=1S/C19H18Cl2O4/c1-9-12(16(22)11-6-5-10(20)7-14(11)21)8-13(19(2,3)4)17(23)15(9)18(24)25/h5-8,23H,1-4H3,(H,24,25). The van der Waals surface area contributed by atoms with Gasteiger partial charge in [-0.1, -0.05) is 44.0 Å². The van der Waals surface area contributed by atoms with Crippen LogP contribution in [0.2, 0.25) is 10.0 Å². The highest BCUT2D eigenvalue weighted by atomic mass is 35.5. The number of carboxylic acids is 1. The molecule has 132 valence electrons. The fraction of sp³-hybridized carbons (Fsp3) is 0.263. The molecular weight excluding hydrogens is 363 g/mol. The molecule has 0 aliphatic carbocycles. The number of rotatable bonds is 3. The van der Waals surface area contributed by atoms with Gasteiger partial charge in [-0.3, -0.25) is 4.79 Å². The average Bonchev–Trinajstić information content (AvgIpc) is 2.45. The van der Waals surface area contributed by atoms with Crippen LogP contribution in [0.3, 0.4) is 0 Å². The Labute approximate surface area is 156 Å². The lowest BCUT2D eigenvalue weighted by atomic mass is 9.81. The number of phenols is 1. The zero-order valence-electron chi connectivity index (χ0n) is 14.3. The minimum atomic E-state index is -1.29. The van der Waals surface area contributed by atoms with E-state index in [9.17, 15) is 19.8 Å². The summed E-state index contributed by atoms with van der Waals surface area (Å²) in [6.45, 7) is 6.97. The maximum absolute atomic E-state index is 13.0. The van der Waals surface area contributed by atoms with Gasteiger partial charge in [-0.2, -0.15) is 0 Å². The lowest BCUT2D eigenvalue weighted by Gasteiger charge is -2.24. The quantitative estimate of drug-likeness (QED) is 0.714. The van der Waals surface area contributed by atoms with Crippen molar-refractivity contribution in [3.8, 4) is 5.75 Å². The molecule has 0 spiro atoms. The fourth-order valence-corrected chi connectivity index (χ4v) is 3.15. The number of carbonyl (C=O) groups is 2. The zero-order valence-corrected chi connectivity index (χ0v) is 15.8. The molecule has 2 aromatic rings. The van der Waals surface area contributed by atoms with Crippen LogP contribution in [0, 0.1) is 6.92 Å². The van der Waals surface area contributed by atoms with Gasteiger partial charge in [-0.25, -0.2) is 4.79 Å². The molecule has 0 bridgehead atoms. The summed E-state index contributed by atoms with van der Waals surface area (Å²) in [5.41, 5.74) is 0.139. The summed E-state index contributed by atoms with van der Waals surface area (Å²) < 4.78 is 0. The van der Waals surface area contributed by atoms with Crippen LogP contribution < -0.4 is 0 Å². The van der Waals surface area contributed by atoms with Crippen molar-refractivity contribution >= 4 is 35.0 Å². The first-order chi connectivity index (χ1) is 11.4. The highest BCUT2D eigenvalue weighted by Crippen LogP contribution is 2.38. The maximum Gasteiger partial charge on any atom is 0.339 e. The largest absolute Gasteiger partial charge is 0.507 e. The van der Waals surface area contributed by atoms with Gasteiger partial charge in [-0.15, -0.1) is 0 Å². The highest BCUT2D eigenvalue weighted by molar-refractivity contribution is 6.37. The second kappa shape index (κ2) is 6.70. The van der Waals surface area contributed by atoms with E-state index in [1.54, 1.807) is 6.07 Å². The smallest absolute Gasteiger partial charge is 0.339 e. The molecule has 0 aromatic heterocycles. The molecule has 25 heavy (non-hydrogen) atoms. The van der Waals surface area contributed by atoms with E-state index in [1.165, 1.54) is 25.1 Å². The Morgan fingerprint density at radius 2 is 1.64 bits per heavy atom. The van der Waals surface area contributed by atoms with Gasteiger partial charge in [0.2, 0.25) is 0 Å². The van der Waals surface area contributed by atoms with Crippen molar-refractivity contribution in [2.45, 2.75) is 33.1 Å². The Morgan fingerprint density at radius 1 is 1.04 bits per heavy atom. The summed E-state index contributed by atoms with van der Waals surface area (Å²) in [7, 11) is 0. The summed E-state index contributed by atoms with van der Waals surface area (Å²) in [6.07, 6.45) is 0. The molecule has 0 amide bonds. The van der Waals surface area contributed by atoms with E-state index in [0.29, 0.717) is 10.6 Å². The molecule has 2 aromatic carbocycles. The number of halogens is 2. The van der Waals surface area contributed by atoms with Crippen LogP contribution in [0.1, 0.15) is 58.2 Å². The van der Waals surface area contributed by atoms with Crippen LogP contribution in [0.25, 0.3) is 0 Å². The van der Waals surface area contributed by atoms with E-state index in [4.69, 9.17) is 23.2 Å². The average molecular weight is 381 g/mol. The van der Waals surface area contributed by atoms with Crippen LogP contribution in [-0.4, -0.2) is 22.0 Å². The normalized spacial score (nSPS) is 11.4. The van der Waals surface area contributed by atoms with Gasteiger partial charge < -0.3 is 10.2 Å². The molecule has 0 heterocycles. The fourth-order valence-electron chi connectivity index (χ4n) is 2.66. The zero-order chi connectivity index (χ0) is 19.1. The number of ketones is 1. The number of aromatic hydroxyl groups is 1. The molecule has 0 radical (unpaired) electrons. The lowest BCUT2D eigenvalue weighted by molar-refractivity contribution is 0.0692. The van der Waals surface area contributed by atoms with Crippen molar-refractivity contribution in [2.24, 2.45) is 0 Å². The van der Waals surface area contributed by atoms with Crippen molar-refractivity contribution < 1.29 is 19.8 Å². The summed E-state index contributed by atoms with van der Waals surface area (Å²) in [5.74, 6) is -2.04. The summed E-state index contributed by atoms with van der Waals surface area (Å²) in [6, 6.07) is 6.02. The Balaban J connectivity index is 2.78. The molecule has 0 aliphatic heterocycles. The van der Waals surface area contributed by atoms with E-state index in [0.717, 1.165) is 0 Å². The van der Waals surface area contributed by atoms with Crippen molar-refractivity contribution in [3.05, 3.63) is 62.1 Å². The molecule has 2 N–H and O–H groups in total.